The molecule has 1 unspecified atom stereocenters. The van der Waals surface area contributed by atoms with Crippen LogP contribution in [-0.4, -0.2) is 62.2 Å². The largest absolute Gasteiger partial charge is 0.497 e. The predicted molar refractivity (Wildman–Crippen MR) is 131 cm³/mol. The highest BCUT2D eigenvalue weighted by molar-refractivity contribution is 14.0. The zero-order valence-corrected chi connectivity index (χ0v) is 21.4. The van der Waals surface area contributed by atoms with Crippen LogP contribution in [-0.2, 0) is 13.6 Å². The molecule has 0 radical (unpaired) electrons. The van der Waals surface area contributed by atoms with Crippen LogP contribution in [0.3, 0.4) is 0 Å². The Morgan fingerprint density at radius 2 is 1.89 bits per heavy atom. The average molecular weight is 564 g/mol. The number of ether oxygens (including phenoxy) is 1. The monoisotopic (exact) mass is 563 g/mol. The molecule has 1 aromatic carbocycles. The highest BCUT2D eigenvalue weighted by Crippen LogP contribution is 2.21. The summed E-state index contributed by atoms with van der Waals surface area (Å²) in [7, 11) is 11.8. The topological polar surface area (TPSA) is 45.0 Å². The number of aromatic nitrogens is 1. The zero-order chi connectivity index (χ0) is 20.0. The highest BCUT2D eigenvalue weighted by Gasteiger charge is 2.16. The van der Waals surface area contributed by atoms with Crippen molar-refractivity contribution in [3.8, 4) is 5.75 Å². The summed E-state index contributed by atoms with van der Waals surface area (Å²) in [6.45, 7) is 1.53. The molecule has 0 aliphatic heterocycles. The van der Waals surface area contributed by atoms with Gasteiger partial charge in [0.1, 0.15) is 5.75 Å². The van der Waals surface area contributed by atoms with Gasteiger partial charge >= 0.3 is 0 Å². The Balaban J connectivity index is 0.00000392. The third-order valence-corrected chi connectivity index (χ3v) is 5.06. The van der Waals surface area contributed by atoms with Crippen LogP contribution in [0.15, 0.2) is 46.0 Å². The quantitative estimate of drug-likeness (QED) is 0.317. The van der Waals surface area contributed by atoms with E-state index in [2.05, 4.69) is 86.1 Å². The number of nitrogens with one attached hydrogen (secondary N) is 1. The Bertz CT molecular complexity index is 760. The number of halogens is 2. The minimum Gasteiger partial charge on any atom is -0.497 e. The van der Waals surface area contributed by atoms with Crippen molar-refractivity contribution >= 4 is 45.9 Å². The Morgan fingerprint density at radius 1 is 1.25 bits per heavy atom. The van der Waals surface area contributed by atoms with E-state index in [-0.39, 0.29) is 30.0 Å². The molecule has 0 aliphatic carbocycles. The van der Waals surface area contributed by atoms with Crippen molar-refractivity contribution in [1.29, 1.82) is 0 Å². The minimum atomic E-state index is 0. The van der Waals surface area contributed by atoms with E-state index in [1.165, 1.54) is 11.3 Å². The number of hydrogen-bond donors (Lipinski definition) is 1. The maximum atomic E-state index is 5.26. The van der Waals surface area contributed by atoms with E-state index >= 15 is 0 Å². The lowest BCUT2D eigenvalue weighted by molar-refractivity contribution is 0.295. The fourth-order valence-corrected chi connectivity index (χ4v) is 3.61. The summed E-state index contributed by atoms with van der Waals surface area (Å²) < 4.78 is 8.47. The number of hydrogen-bond acceptors (Lipinski definition) is 3. The van der Waals surface area contributed by atoms with Crippen molar-refractivity contribution in [2.24, 2.45) is 12.0 Å². The standard InChI is InChI=1S/C20H30BrN5O.HI/c1-22-20(26(5)14-17-11-16(21)13-25(17)4)23-12-19(24(2)3)15-7-9-18(27-6)10-8-15;/h7-11,13,19H,12,14H2,1-6H3,(H,22,23);1H. The van der Waals surface area contributed by atoms with E-state index in [1.54, 1.807) is 7.11 Å². The third-order valence-electron chi connectivity index (χ3n) is 4.62. The number of likely N-dealkylation sites (N-methyl/N-ethyl adjacent to an activating group) is 1. The second-order valence-electron chi connectivity index (χ2n) is 6.80. The lowest BCUT2D eigenvalue weighted by Crippen LogP contribution is -2.42. The first kappa shape index (κ1) is 24.8. The van der Waals surface area contributed by atoms with Gasteiger partial charge in [-0.3, -0.25) is 4.99 Å². The molecule has 2 aromatic rings. The molecular formula is C20H31BrIN5O. The molecule has 1 aromatic heterocycles. The summed E-state index contributed by atoms with van der Waals surface area (Å²) in [6.07, 6.45) is 2.06. The molecule has 28 heavy (non-hydrogen) atoms. The number of aliphatic imine (C=N–C) groups is 1. The summed E-state index contributed by atoms with van der Waals surface area (Å²) in [5, 5.41) is 3.51. The van der Waals surface area contributed by atoms with E-state index in [1.807, 2.05) is 26.2 Å². The van der Waals surface area contributed by atoms with E-state index in [0.717, 1.165) is 29.3 Å². The zero-order valence-electron chi connectivity index (χ0n) is 17.4. The smallest absolute Gasteiger partial charge is 0.193 e. The number of guanidine groups is 1. The second-order valence-corrected chi connectivity index (χ2v) is 7.71. The van der Waals surface area contributed by atoms with Gasteiger partial charge < -0.3 is 24.4 Å². The number of methoxy groups -OCH3 is 1. The van der Waals surface area contributed by atoms with Crippen LogP contribution in [0.4, 0.5) is 0 Å². The van der Waals surface area contributed by atoms with Gasteiger partial charge in [0.25, 0.3) is 0 Å². The SMILES string of the molecule is CN=C(NCC(c1ccc(OC)cc1)N(C)C)N(C)Cc1cc(Br)cn1C.I. The number of aryl methyl sites for hydroxylation is 1. The van der Waals surface area contributed by atoms with Gasteiger partial charge in [0.15, 0.2) is 5.96 Å². The molecule has 0 aliphatic rings. The van der Waals surface area contributed by atoms with Gasteiger partial charge in [0, 0.05) is 44.1 Å². The molecule has 0 saturated heterocycles. The summed E-state index contributed by atoms with van der Waals surface area (Å²) >= 11 is 3.53. The van der Waals surface area contributed by atoms with Crippen LogP contribution in [0, 0.1) is 0 Å². The van der Waals surface area contributed by atoms with E-state index in [0.29, 0.717) is 0 Å². The Hall–Kier alpha value is -1.26. The number of benzene rings is 1. The molecule has 1 atom stereocenters. The molecule has 1 heterocycles. The van der Waals surface area contributed by atoms with Gasteiger partial charge in [-0.05, 0) is 53.8 Å². The van der Waals surface area contributed by atoms with Crippen LogP contribution in [0.5, 0.6) is 5.75 Å². The molecule has 0 fully saturated rings. The molecule has 156 valence electrons. The van der Waals surface area contributed by atoms with Crippen molar-refractivity contribution in [1.82, 2.24) is 19.7 Å². The first-order valence-electron chi connectivity index (χ1n) is 8.88. The third kappa shape index (κ3) is 6.66. The first-order valence-corrected chi connectivity index (χ1v) is 9.68. The summed E-state index contributed by atoms with van der Waals surface area (Å²) in [5.74, 6) is 1.74. The van der Waals surface area contributed by atoms with Gasteiger partial charge in [0.2, 0.25) is 0 Å². The molecule has 6 nitrogen and oxygen atoms in total. The molecule has 2 rings (SSSR count). The first-order chi connectivity index (χ1) is 12.8. The Morgan fingerprint density at radius 3 is 2.36 bits per heavy atom. The molecule has 1 N–H and O–H groups in total. The van der Waals surface area contributed by atoms with Crippen LogP contribution in [0.25, 0.3) is 0 Å². The predicted octanol–water partition coefficient (Wildman–Crippen LogP) is 3.72. The lowest BCUT2D eigenvalue weighted by Gasteiger charge is -2.28. The number of rotatable bonds is 7. The van der Waals surface area contributed by atoms with Crippen LogP contribution in [0.2, 0.25) is 0 Å². The molecule has 8 heteroatoms. The lowest BCUT2D eigenvalue weighted by atomic mass is 10.1. The van der Waals surface area contributed by atoms with Crippen molar-refractivity contribution < 1.29 is 4.74 Å². The van der Waals surface area contributed by atoms with E-state index in [4.69, 9.17) is 4.74 Å². The summed E-state index contributed by atoms with van der Waals surface area (Å²) in [5.41, 5.74) is 2.45. The van der Waals surface area contributed by atoms with E-state index < -0.39 is 0 Å². The molecule has 0 spiro atoms. The fourth-order valence-electron chi connectivity index (χ4n) is 3.04. The van der Waals surface area contributed by atoms with Gasteiger partial charge in [-0.15, -0.1) is 24.0 Å². The van der Waals surface area contributed by atoms with Crippen LogP contribution >= 0.6 is 39.9 Å². The maximum absolute atomic E-state index is 5.26. The summed E-state index contributed by atoms with van der Waals surface area (Å²) in [4.78, 5) is 8.78. The Labute approximate surface area is 194 Å². The molecule has 0 amide bonds. The highest BCUT2D eigenvalue weighted by atomic mass is 127. The minimum absolute atomic E-state index is 0. The van der Waals surface area contributed by atoms with Gasteiger partial charge in [0.05, 0.1) is 19.7 Å². The van der Waals surface area contributed by atoms with Crippen molar-refractivity contribution in [3.63, 3.8) is 0 Å². The van der Waals surface area contributed by atoms with Crippen molar-refractivity contribution in [2.45, 2.75) is 12.6 Å². The van der Waals surface area contributed by atoms with E-state index in [9.17, 15) is 0 Å². The fraction of sp³-hybridized carbons (Fsp3) is 0.450. The van der Waals surface area contributed by atoms with Gasteiger partial charge in [-0.25, -0.2) is 0 Å². The Kier molecular flexibility index (Phi) is 10.3. The maximum Gasteiger partial charge on any atom is 0.193 e. The molecular weight excluding hydrogens is 533 g/mol. The average Bonchev–Trinajstić information content (AvgIpc) is 2.95. The van der Waals surface area contributed by atoms with Gasteiger partial charge in [-0.1, -0.05) is 12.1 Å². The normalized spacial score (nSPS) is 12.5. The molecule has 0 bridgehead atoms. The second kappa shape index (κ2) is 11.7. The molecule has 0 saturated carbocycles. The van der Waals surface area contributed by atoms with Gasteiger partial charge in [-0.2, -0.15) is 0 Å². The van der Waals surface area contributed by atoms with Crippen molar-refractivity contribution in [3.05, 3.63) is 52.3 Å². The van der Waals surface area contributed by atoms with Crippen LogP contribution < -0.4 is 10.1 Å². The van der Waals surface area contributed by atoms with Crippen molar-refractivity contribution in [2.75, 3.05) is 41.8 Å². The summed E-state index contributed by atoms with van der Waals surface area (Å²) in [6, 6.07) is 10.6. The van der Waals surface area contributed by atoms with Crippen LogP contribution in [0.1, 0.15) is 17.3 Å². The number of nitrogens with zero attached hydrogens (tertiary/aromatic N) is 4.